The Morgan fingerprint density at radius 2 is 2.03 bits per heavy atom. The summed E-state index contributed by atoms with van der Waals surface area (Å²) in [5.41, 5.74) is 6.46. The number of carboxylic acid groups (broad SMARTS) is 1. The summed E-state index contributed by atoms with van der Waals surface area (Å²) in [6.45, 7) is 5.68. The standard InChI is InChI=1S/C25H32N6O3/c1-4-5-18-6-11-23(32)27-19(18)7-10-22-25(28-29-30(22)3)20-8-9-21(16(2)26-20)31-13-12-17(15-31)14-24(33)34/h6,8-9,11,17H,4-5,7,10,12-15H2,1-3H3,(H,27,32)(H,33,34). The van der Waals surface area contributed by atoms with Crippen LogP contribution in [0.25, 0.3) is 11.4 Å². The minimum absolute atomic E-state index is 0.0846. The third-order valence-corrected chi connectivity index (χ3v) is 6.56. The van der Waals surface area contributed by atoms with E-state index in [4.69, 9.17) is 10.1 Å². The zero-order valence-electron chi connectivity index (χ0n) is 20.0. The molecule has 0 aromatic carbocycles. The van der Waals surface area contributed by atoms with Crippen molar-refractivity contribution in [3.63, 3.8) is 0 Å². The number of hydrogen-bond acceptors (Lipinski definition) is 6. The van der Waals surface area contributed by atoms with Crippen LogP contribution in [0.5, 0.6) is 0 Å². The Morgan fingerprint density at radius 1 is 1.21 bits per heavy atom. The number of hydrogen-bond donors (Lipinski definition) is 2. The third kappa shape index (κ3) is 5.18. The van der Waals surface area contributed by atoms with Gasteiger partial charge in [0.15, 0.2) is 0 Å². The molecule has 0 aliphatic carbocycles. The number of aromatic nitrogens is 5. The van der Waals surface area contributed by atoms with Gasteiger partial charge in [-0.25, -0.2) is 4.98 Å². The number of nitrogens with one attached hydrogen (secondary N) is 1. The molecule has 1 atom stereocenters. The van der Waals surface area contributed by atoms with Crippen molar-refractivity contribution in [3.05, 3.63) is 57.3 Å². The van der Waals surface area contributed by atoms with Crippen LogP contribution >= 0.6 is 0 Å². The van der Waals surface area contributed by atoms with E-state index in [1.165, 1.54) is 5.56 Å². The van der Waals surface area contributed by atoms with Gasteiger partial charge in [-0.05, 0) is 56.2 Å². The monoisotopic (exact) mass is 464 g/mol. The first-order chi connectivity index (χ1) is 16.4. The number of nitrogens with zero attached hydrogens (tertiary/aromatic N) is 5. The van der Waals surface area contributed by atoms with Crippen molar-refractivity contribution in [2.75, 3.05) is 18.0 Å². The third-order valence-electron chi connectivity index (χ3n) is 6.56. The molecule has 0 radical (unpaired) electrons. The van der Waals surface area contributed by atoms with E-state index in [-0.39, 0.29) is 17.9 Å². The van der Waals surface area contributed by atoms with E-state index in [9.17, 15) is 9.59 Å². The van der Waals surface area contributed by atoms with Crippen LogP contribution in [0.15, 0.2) is 29.1 Å². The van der Waals surface area contributed by atoms with E-state index < -0.39 is 5.97 Å². The molecule has 0 saturated carbocycles. The molecule has 1 aliphatic heterocycles. The van der Waals surface area contributed by atoms with Crippen LogP contribution in [-0.2, 0) is 31.1 Å². The lowest BCUT2D eigenvalue weighted by Crippen LogP contribution is -2.21. The number of rotatable bonds is 9. The zero-order chi connectivity index (χ0) is 24.2. The summed E-state index contributed by atoms with van der Waals surface area (Å²) in [6.07, 6.45) is 4.40. The quantitative estimate of drug-likeness (QED) is 0.500. The molecule has 4 rings (SSSR count). The summed E-state index contributed by atoms with van der Waals surface area (Å²) >= 11 is 0. The Hall–Kier alpha value is -3.49. The molecule has 1 aliphatic rings. The maximum atomic E-state index is 11.9. The lowest BCUT2D eigenvalue weighted by atomic mass is 10.0. The molecule has 9 heteroatoms. The molecule has 0 amide bonds. The van der Waals surface area contributed by atoms with Gasteiger partial charge in [0, 0.05) is 38.3 Å². The van der Waals surface area contributed by atoms with Crippen LogP contribution in [0, 0.1) is 12.8 Å². The fourth-order valence-electron chi connectivity index (χ4n) is 4.86. The van der Waals surface area contributed by atoms with Gasteiger partial charge in [0.25, 0.3) is 0 Å². The fraction of sp³-hybridized carbons (Fsp3) is 0.480. The summed E-state index contributed by atoms with van der Waals surface area (Å²) in [6, 6.07) is 7.52. The van der Waals surface area contributed by atoms with E-state index >= 15 is 0 Å². The molecule has 1 unspecified atom stereocenters. The molecule has 4 heterocycles. The lowest BCUT2D eigenvalue weighted by Gasteiger charge is -2.20. The van der Waals surface area contributed by atoms with Crippen LogP contribution in [0.4, 0.5) is 5.69 Å². The van der Waals surface area contributed by atoms with Crippen molar-refractivity contribution < 1.29 is 9.90 Å². The van der Waals surface area contributed by atoms with E-state index in [1.54, 1.807) is 10.7 Å². The smallest absolute Gasteiger partial charge is 0.303 e. The van der Waals surface area contributed by atoms with Crippen molar-refractivity contribution in [3.8, 4) is 11.4 Å². The van der Waals surface area contributed by atoms with E-state index in [0.717, 1.165) is 66.5 Å². The van der Waals surface area contributed by atoms with Crippen LogP contribution in [0.3, 0.4) is 0 Å². The molecule has 9 nitrogen and oxygen atoms in total. The van der Waals surface area contributed by atoms with Gasteiger partial charge in [0.05, 0.1) is 22.8 Å². The summed E-state index contributed by atoms with van der Waals surface area (Å²) in [5, 5.41) is 17.7. The molecule has 3 aromatic rings. The first-order valence-corrected chi connectivity index (χ1v) is 11.9. The predicted molar refractivity (Wildman–Crippen MR) is 130 cm³/mol. The van der Waals surface area contributed by atoms with E-state index in [2.05, 4.69) is 27.1 Å². The highest BCUT2D eigenvalue weighted by Gasteiger charge is 2.26. The number of aliphatic carboxylic acids is 1. The van der Waals surface area contributed by atoms with Crippen LogP contribution in [-0.4, -0.2) is 49.1 Å². The molecule has 0 bridgehead atoms. The topological polar surface area (TPSA) is 117 Å². The second-order valence-electron chi connectivity index (χ2n) is 9.08. The van der Waals surface area contributed by atoms with Crippen molar-refractivity contribution in [1.82, 2.24) is 25.0 Å². The molecular weight excluding hydrogens is 432 g/mol. The number of aromatic amines is 1. The minimum atomic E-state index is -0.742. The molecule has 180 valence electrons. The Morgan fingerprint density at radius 3 is 2.76 bits per heavy atom. The number of H-pyrrole nitrogens is 1. The first-order valence-electron chi connectivity index (χ1n) is 11.9. The number of carbonyl (C=O) groups is 1. The number of carboxylic acids is 1. The highest BCUT2D eigenvalue weighted by atomic mass is 16.4. The van der Waals surface area contributed by atoms with Crippen LogP contribution < -0.4 is 10.5 Å². The van der Waals surface area contributed by atoms with Gasteiger partial charge in [-0.2, -0.15) is 0 Å². The molecule has 1 fully saturated rings. The average Bonchev–Trinajstić information content (AvgIpc) is 3.40. The number of pyridine rings is 2. The van der Waals surface area contributed by atoms with Crippen LogP contribution in [0.2, 0.25) is 0 Å². The Labute approximate surface area is 198 Å². The minimum Gasteiger partial charge on any atom is -0.481 e. The van der Waals surface area contributed by atoms with Gasteiger partial charge in [-0.3, -0.25) is 14.3 Å². The summed E-state index contributed by atoms with van der Waals surface area (Å²) < 4.78 is 1.78. The lowest BCUT2D eigenvalue weighted by molar-refractivity contribution is -0.137. The predicted octanol–water partition coefficient (Wildman–Crippen LogP) is 2.91. The maximum Gasteiger partial charge on any atom is 0.303 e. The van der Waals surface area contributed by atoms with Crippen molar-refractivity contribution in [1.29, 1.82) is 0 Å². The van der Waals surface area contributed by atoms with Gasteiger partial charge >= 0.3 is 5.97 Å². The SMILES string of the molecule is CCCc1ccc(=O)[nH]c1CCc1c(-c2ccc(N3CCC(CC(=O)O)C3)c(C)n2)nnn1C. The molecule has 0 spiro atoms. The Balaban J connectivity index is 1.53. The summed E-state index contributed by atoms with van der Waals surface area (Å²) in [7, 11) is 1.88. The van der Waals surface area contributed by atoms with Crippen LogP contribution in [0.1, 0.15) is 48.8 Å². The van der Waals surface area contributed by atoms with Crippen molar-refractivity contribution >= 4 is 11.7 Å². The zero-order valence-corrected chi connectivity index (χ0v) is 20.0. The number of anilines is 1. The fourth-order valence-corrected chi connectivity index (χ4v) is 4.86. The summed E-state index contributed by atoms with van der Waals surface area (Å²) in [5.74, 6) is -0.571. The van der Waals surface area contributed by atoms with E-state index in [1.807, 2.05) is 32.2 Å². The van der Waals surface area contributed by atoms with Crippen molar-refractivity contribution in [2.24, 2.45) is 13.0 Å². The second-order valence-corrected chi connectivity index (χ2v) is 9.08. The van der Waals surface area contributed by atoms with E-state index in [0.29, 0.717) is 12.8 Å². The summed E-state index contributed by atoms with van der Waals surface area (Å²) in [4.78, 5) is 33.0. The van der Waals surface area contributed by atoms with Gasteiger partial charge < -0.3 is 15.0 Å². The maximum absolute atomic E-state index is 11.9. The average molecular weight is 465 g/mol. The highest BCUT2D eigenvalue weighted by molar-refractivity contribution is 5.67. The molecule has 1 saturated heterocycles. The van der Waals surface area contributed by atoms with Gasteiger partial charge in [-0.1, -0.05) is 24.6 Å². The first kappa shape index (κ1) is 23.7. The second kappa shape index (κ2) is 10.2. The normalized spacial score (nSPS) is 15.7. The molecule has 3 aromatic heterocycles. The van der Waals surface area contributed by atoms with Gasteiger partial charge in [0.2, 0.25) is 5.56 Å². The highest BCUT2D eigenvalue weighted by Crippen LogP contribution is 2.30. The Kier molecular flexibility index (Phi) is 7.09. The van der Waals surface area contributed by atoms with Gasteiger partial charge in [-0.15, -0.1) is 5.10 Å². The van der Waals surface area contributed by atoms with Gasteiger partial charge in [0.1, 0.15) is 5.69 Å². The number of aryl methyl sites for hydroxylation is 4. The molecule has 34 heavy (non-hydrogen) atoms. The molecule has 2 N–H and O–H groups in total. The largest absolute Gasteiger partial charge is 0.481 e. The van der Waals surface area contributed by atoms with Crippen molar-refractivity contribution in [2.45, 2.75) is 52.4 Å². The Bertz CT molecular complexity index is 1230. The molecular formula is C25H32N6O3.